The van der Waals surface area contributed by atoms with Crippen molar-refractivity contribution in [1.29, 1.82) is 0 Å². The third kappa shape index (κ3) is 7.26. The maximum absolute atomic E-state index is 10.8. The molecule has 4 nitrogen and oxygen atoms in total. The van der Waals surface area contributed by atoms with Gasteiger partial charge in [-0.1, -0.05) is 45.1 Å². The molecular formula is C22H38N2O2. The largest absolute Gasteiger partial charge is 0.493 e. The number of ether oxygens (including phenoxy) is 1. The minimum Gasteiger partial charge on any atom is -0.493 e. The van der Waals surface area contributed by atoms with E-state index >= 15 is 0 Å². The first-order chi connectivity index (χ1) is 12.7. The number of nitrogens with zero attached hydrogens (tertiary/aromatic N) is 1. The number of aliphatic hydroxyl groups excluding tert-OH is 1. The number of piperazine rings is 1. The molecule has 0 amide bonds. The van der Waals surface area contributed by atoms with Gasteiger partial charge in [-0.05, 0) is 37.5 Å². The summed E-state index contributed by atoms with van der Waals surface area (Å²) in [7, 11) is 0. The van der Waals surface area contributed by atoms with Gasteiger partial charge >= 0.3 is 0 Å². The molecule has 0 bridgehead atoms. The topological polar surface area (TPSA) is 44.7 Å². The van der Waals surface area contributed by atoms with Crippen LogP contribution in [-0.2, 0) is 6.42 Å². The first-order valence-corrected chi connectivity index (χ1v) is 10.6. The molecule has 2 N–H and O–H groups in total. The van der Waals surface area contributed by atoms with Crippen LogP contribution in [0.15, 0.2) is 18.2 Å². The van der Waals surface area contributed by atoms with E-state index in [9.17, 15) is 5.11 Å². The zero-order valence-electron chi connectivity index (χ0n) is 16.8. The van der Waals surface area contributed by atoms with Crippen molar-refractivity contribution < 1.29 is 9.84 Å². The summed E-state index contributed by atoms with van der Waals surface area (Å²) in [4.78, 5) is 2.33. The van der Waals surface area contributed by atoms with E-state index in [0.717, 1.165) is 43.9 Å². The normalized spacial score (nSPS) is 16.6. The maximum Gasteiger partial charge on any atom is 0.125 e. The molecule has 1 saturated heterocycles. The summed E-state index contributed by atoms with van der Waals surface area (Å²) in [6.07, 6.45) is 8.47. The van der Waals surface area contributed by atoms with Gasteiger partial charge in [-0.25, -0.2) is 0 Å². The number of aliphatic hydroxyl groups is 1. The van der Waals surface area contributed by atoms with Crippen molar-refractivity contribution in [3.8, 4) is 5.75 Å². The van der Waals surface area contributed by atoms with Crippen molar-refractivity contribution in [3.63, 3.8) is 0 Å². The lowest BCUT2D eigenvalue weighted by Gasteiger charge is -2.29. The minimum absolute atomic E-state index is 0.487. The molecule has 2 rings (SSSR count). The maximum atomic E-state index is 10.8. The van der Waals surface area contributed by atoms with Crippen molar-refractivity contribution in [2.24, 2.45) is 0 Å². The van der Waals surface area contributed by atoms with Gasteiger partial charge in [0.1, 0.15) is 5.75 Å². The molecule has 1 aliphatic heterocycles. The van der Waals surface area contributed by atoms with E-state index in [1.54, 1.807) is 0 Å². The van der Waals surface area contributed by atoms with Crippen LogP contribution in [0.4, 0.5) is 0 Å². The van der Waals surface area contributed by atoms with Gasteiger partial charge in [0, 0.05) is 38.3 Å². The van der Waals surface area contributed by atoms with Crippen LogP contribution in [0.25, 0.3) is 0 Å². The summed E-state index contributed by atoms with van der Waals surface area (Å²) >= 11 is 0. The zero-order chi connectivity index (χ0) is 18.6. The highest BCUT2D eigenvalue weighted by atomic mass is 16.5. The number of nitrogens with one attached hydrogen (secondary N) is 1. The highest BCUT2D eigenvalue weighted by molar-refractivity contribution is 5.39. The number of aryl methyl sites for hydroxylation is 1. The average Bonchev–Trinajstić information content (AvgIpc) is 2.66. The van der Waals surface area contributed by atoms with Gasteiger partial charge in [0.25, 0.3) is 0 Å². The predicted molar refractivity (Wildman–Crippen MR) is 109 cm³/mol. The Morgan fingerprint density at radius 2 is 1.81 bits per heavy atom. The summed E-state index contributed by atoms with van der Waals surface area (Å²) in [5, 5.41) is 14.2. The molecule has 4 heteroatoms. The van der Waals surface area contributed by atoms with Crippen LogP contribution < -0.4 is 10.1 Å². The van der Waals surface area contributed by atoms with E-state index < -0.39 is 6.10 Å². The van der Waals surface area contributed by atoms with Crippen LogP contribution in [0, 0.1) is 0 Å². The number of hydrogen-bond donors (Lipinski definition) is 2. The first-order valence-electron chi connectivity index (χ1n) is 10.6. The Hall–Kier alpha value is -1.10. The molecule has 1 aromatic carbocycles. The second-order valence-corrected chi connectivity index (χ2v) is 7.39. The quantitative estimate of drug-likeness (QED) is 0.553. The van der Waals surface area contributed by atoms with Crippen molar-refractivity contribution in [2.45, 2.75) is 64.9 Å². The van der Waals surface area contributed by atoms with Gasteiger partial charge in [0.15, 0.2) is 0 Å². The first kappa shape index (κ1) is 21.2. The Labute approximate surface area is 159 Å². The van der Waals surface area contributed by atoms with Crippen LogP contribution in [0.3, 0.4) is 0 Å². The average molecular weight is 363 g/mol. The summed E-state index contributed by atoms with van der Waals surface area (Å²) < 4.78 is 5.78. The van der Waals surface area contributed by atoms with E-state index in [-0.39, 0.29) is 0 Å². The molecule has 0 aromatic heterocycles. The minimum atomic E-state index is -0.487. The highest BCUT2D eigenvalue weighted by Gasteiger charge is 2.19. The Morgan fingerprint density at radius 3 is 2.54 bits per heavy atom. The number of β-amino-alcohol motifs (C(OH)–C–C–N with tert-alkyl or cyclic N) is 1. The van der Waals surface area contributed by atoms with Crippen LogP contribution in [-0.4, -0.2) is 49.3 Å². The van der Waals surface area contributed by atoms with E-state index in [1.807, 2.05) is 13.0 Å². The third-order valence-corrected chi connectivity index (χ3v) is 5.19. The number of unbranched alkanes of at least 4 members (excludes halogenated alkanes) is 5. The van der Waals surface area contributed by atoms with E-state index in [0.29, 0.717) is 13.2 Å². The fourth-order valence-corrected chi connectivity index (χ4v) is 3.65. The van der Waals surface area contributed by atoms with E-state index in [2.05, 4.69) is 29.3 Å². The third-order valence-electron chi connectivity index (χ3n) is 5.19. The fourth-order valence-electron chi connectivity index (χ4n) is 3.65. The molecule has 0 aliphatic carbocycles. The number of hydrogen-bond acceptors (Lipinski definition) is 4. The molecule has 0 spiro atoms. The molecule has 1 unspecified atom stereocenters. The van der Waals surface area contributed by atoms with Gasteiger partial charge in [-0.3, -0.25) is 4.90 Å². The van der Waals surface area contributed by atoms with Crippen LogP contribution >= 0.6 is 0 Å². The summed E-state index contributed by atoms with van der Waals surface area (Å²) in [6, 6.07) is 6.38. The molecule has 1 heterocycles. The van der Waals surface area contributed by atoms with Gasteiger partial charge < -0.3 is 15.2 Å². The summed E-state index contributed by atoms with van der Waals surface area (Å²) in [5.74, 6) is 0.835. The molecule has 1 fully saturated rings. The SMILES string of the molecule is CCCCCCCCc1ccc(OCC)c(C(O)CN2CCNCC2)c1. The Balaban J connectivity index is 1.92. The predicted octanol–water partition coefficient (Wildman–Crippen LogP) is 3.93. The van der Waals surface area contributed by atoms with E-state index in [1.165, 1.54) is 44.1 Å². The van der Waals surface area contributed by atoms with Gasteiger partial charge in [0.2, 0.25) is 0 Å². The molecular weight excluding hydrogens is 324 g/mol. The summed E-state index contributed by atoms with van der Waals surface area (Å²) in [6.45, 7) is 9.57. The fraction of sp³-hybridized carbons (Fsp3) is 0.727. The summed E-state index contributed by atoms with van der Waals surface area (Å²) in [5.41, 5.74) is 2.27. The highest BCUT2D eigenvalue weighted by Crippen LogP contribution is 2.28. The van der Waals surface area contributed by atoms with Crippen molar-refractivity contribution in [2.75, 3.05) is 39.3 Å². The molecule has 0 saturated carbocycles. The Morgan fingerprint density at radius 1 is 1.08 bits per heavy atom. The lowest BCUT2D eigenvalue weighted by atomic mass is 9.99. The van der Waals surface area contributed by atoms with Crippen molar-refractivity contribution in [1.82, 2.24) is 10.2 Å². The monoisotopic (exact) mass is 362 g/mol. The molecule has 0 radical (unpaired) electrons. The molecule has 1 aromatic rings. The van der Waals surface area contributed by atoms with Crippen LogP contribution in [0.1, 0.15) is 69.6 Å². The molecule has 26 heavy (non-hydrogen) atoms. The Bertz CT molecular complexity index is 501. The van der Waals surface area contributed by atoms with Gasteiger partial charge in [-0.15, -0.1) is 0 Å². The molecule has 1 aliphatic rings. The van der Waals surface area contributed by atoms with Crippen LogP contribution in [0.2, 0.25) is 0 Å². The molecule has 148 valence electrons. The van der Waals surface area contributed by atoms with Crippen LogP contribution in [0.5, 0.6) is 5.75 Å². The smallest absolute Gasteiger partial charge is 0.125 e. The second kappa shape index (κ2) is 12.3. The Kier molecular flexibility index (Phi) is 10.0. The second-order valence-electron chi connectivity index (χ2n) is 7.39. The van der Waals surface area contributed by atoms with Gasteiger partial charge in [-0.2, -0.15) is 0 Å². The number of benzene rings is 1. The number of rotatable bonds is 12. The lowest BCUT2D eigenvalue weighted by molar-refractivity contribution is 0.103. The molecule has 1 atom stereocenters. The zero-order valence-corrected chi connectivity index (χ0v) is 16.8. The van der Waals surface area contributed by atoms with Crippen molar-refractivity contribution in [3.05, 3.63) is 29.3 Å². The standard InChI is InChI=1S/C22H38N2O2/c1-3-5-6-7-8-9-10-19-11-12-22(26-4-2)20(17-19)21(25)18-24-15-13-23-14-16-24/h11-12,17,21,23,25H,3-10,13-16,18H2,1-2H3. The van der Waals surface area contributed by atoms with Gasteiger partial charge in [0.05, 0.1) is 12.7 Å². The lowest BCUT2D eigenvalue weighted by Crippen LogP contribution is -2.45. The van der Waals surface area contributed by atoms with Crippen molar-refractivity contribution >= 4 is 0 Å². The van der Waals surface area contributed by atoms with E-state index in [4.69, 9.17) is 4.74 Å².